The highest BCUT2D eigenvalue weighted by atomic mass is 32.2. The van der Waals surface area contributed by atoms with Crippen LogP contribution in [0.5, 0.6) is 0 Å². The molecule has 0 bridgehead atoms. The number of rotatable bonds is 7. The zero-order chi connectivity index (χ0) is 27.2. The maximum atomic E-state index is 13.8. The second-order valence-electron chi connectivity index (χ2n) is 10.7. The van der Waals surface area contributed by atoms with Crippen LogP contribution < -0.4 is 4.90 Å². The Kier molecular flexibility index (Phi) is 6.83. The minimum atomic E-state index is -3.69. The van der Waals surface area contributed by atoms with E-state index < -0.39 is 15.4 Å². The quantitative estimate of drug-likeness (QED) is 0.443. The first-order valence-electron chi connectivity index (χ1n) is 13.2. The number of aromatic nitrogens is 2. The molecule has 206 valence electrons. The smallest absolute Gasteiger partial charge is 0.243 e. The van der Waals surface area contributed by atoms with Crippen molar-refractivity contribution in [2.45, 2.75) is 30.3 Å². The molecule has 1 aromatic heterocycles. The minimum Gasteiger partial charge on any atom is -0.384 e. The van der Waals surface area contributed by atoms with Gasteiger partial charge in [-0.15, -0.1) is 0 Å². The van der Waals surface area contributed by atoms with Crippen LogP contribution in [-0.2, 0) is 25.9 Å². The van der Waals surface area contributed by atoms with Crippen LogP contribution in [0, 0.1) is 11.2 Å². The first-order chi connectivity index (χ1) is 18.8. The molecule has 0 N–H and O–H groups in total. The van der Waals surface area contributed by atoms with Crippen molar-refractivity contribution in [1.29, 1.82) is 0 Å². The molecule has 0 unspecified atom stereocenters. The van der Waals surface area contributed by atoms with Crippen molar-refractivity contribution in [3.63, 3.8) is 0 Å². The molecule has 3 aromatic rings. The van der Waals surface area contributed by atoms with Gasteiger partial charge in [0.15, 0.2) is 0 Å². The predicted octanol–water partition coefficient (Wildman–Crippen LogP) is 3.90. The molecule has 10 heteroatoms. The summed E-state index contributed by atoms with van der Waals surface area (Å²) in [5.41, 5.74) is 4.44. The van der Waals surface area contributed by atoms with Crippen LogP contribution in [0.4, 0.5) is 10.1 Å². The van der Waals surface area contributed by atoms with Gasteiger partial charge in [-0.2, -0.15) is 9.40 Å². The summed E-state index contributed by atoms with van der Waals surface area (Å²) in [5, 5.41) is 4.58. The Morgan fingerprint density at radius 2 is 1.79 bits per heavy atom. The second-order valence-corrected chi connectivity index (χ2v) is 12.6. The van der Waals surface area contributed by atoms with E-state index in [1.807, 2.05) is 23.0 Å². The number of piperidine rings is 1. The van der Waals surface area contributed by atoms with Crippen molar-refractivity contribution >= 4 is 21.8 Å². The lowest BCUT2D eigenvalue weighted by Gasteiger charge is -2.45. The van der Waals surface area contributed by atoms with Crippen LogP contribution in [0.15, 0.2) is 65.2 Å². The molecule has 3 heterocycles. The number of ether oxygens (including phenoxy) is 2. The molecule has 39 heavy (non-hydrogen) atoms. The molecule has 8 nitrogen and oxygen atoms in total. The number of anilines is 1. The molecular formula is C29H33FN4O4S. The van der Waals surface area contributed by atoms with Gasteiger partial charge in [-0.3, -0.25) is 0 Å². The summed E-state index contributed by atoms with van der Waals surface area (Å²) in [6, 6.07) is 13.5. The van der Waals surface area contributed by atoms with E-state index in [1.165, 1.54) is 12.1 Å². The summed E-state index contributed by atoms with van der Waals surface area (Å²) in [6.07, 6.45) is 6.33. The van der Waals surface area contributed by atoms with Crippen LogP contribution in [0.1, 0.15) is 24.1 Å². The van der Waals surface area contributed by atoms with Gasteiger partial charge in [0.1, 0.15) is 5.82 Å². The third kappa shape index (κ3) is 4.69. The fourth-order valence-electron chi connectivity index (χ4n) is 6.23. The molecule has 2 aromatic carbocycles. The number of hydrogen-bond acceptors (Lipinski definition) is 6. The Labute approximate surface area is 228 Å². The first kappa shape index (κ1) is 26.2. The molecule has 2 saturated heterocycles. The zero-order valence-corrected chi connectivity index (χ0v) is 23.0. The molecule has 6 rings (SSSR count). The summed E-state index contributed by atoms with van der Waals surface area (Å²) in [6.45, 7) is 2.83. The third-order valence-corrected chi connectivity index (χ3v) is 10.2. The lowest BCUT2D eigenvalue weighted by Crippen LogP contribution is -2.51. The van der Waals surface area contributed by atoms with Crippen LogP contribution in [-0.4, -0.2) is 75.6 Å². The lowest BCUT2D eigenvalue weighted by atomic mass is 9.69. The first-order valence-corrected chi connectivity index (χ1v) is 14.7. The van der Waals surface area contributed by atoms with Gasteiger partial charge in [-0.25, -0.2) is 17.5 Å². The van der Waals surface area contributed by atoms with Gasteiger partial charge in [0.2, 0.25) is 10.0 Å². The highest BCUT2D eigenvalue weighted by Crippen LogP contribution is 2.45. The summed E-state index contributed by atoms with van der Waals surface area (Å²) in [7, 11) is -0.311. The molecule has 3 aliphatic rings. The number of benzene rings is 2. The second kappa shape index (κ2) is 10.2. The van der Waals surface area contributed by atoms with Crippen LogP contribution in [0.25, 0.3) is 11.8 Å². The summed E-state index contributed by atoms with van der Waals surface area (Å²) in [5.74, 6) is -0.295. The fraction of sp³-hybridized carbons (Fsp3) is 0.414. The van der Waals surface area contributed by atoms with Crippen molar-refractivity contribution in [3.8, 4) is 5.69 Å². The SMILES string of the molecule is COC[C@]12Cc3cnn(-c4ccc(F)cc4)c3C=C1CCN(S(=O)(=O)c1ccc(N3CC[C@H](OC)C3)cc1)C2. The van der Waals surface area contributed by atoms with Crippen molar-refractivity contribution in [3.05, 3.63) is 77.4 Å². The zero-order valence-electron chi connectivity index (χ0n) is 22.2. The average molecular weight is 553 g/mol. The Morgan fingerprint density at radius 3 is 2.49 bits per heavy atom. The Morgan fingerprint density at radius 1 is 1.05 bits per heavy atom. The van der Waals surface area contributed by atoms with E-state index in [9.17, 15) is 12.8 Å². The minimum absolute atomic E-state index is 0.208. The Bertz CT molecular complexity index is 1490. The van der Waals surface area contributed by atoms with Gasteiger partial charge >= 0.3 is 0 Å². The Hall–Kier alpha value is -3.05. The highest BCUT2D eigenvalue weighted by molar-refractivity contribution is 7.89. The number of nitrogens with zero attached hydrogens (tertiary/aromatic N) is 4. The van der Waals surface area contributed by atoms with E-state index in [-0.39, 0.29) is 11.9 Å². The van der Waals surface area contributed by atoms with E-state index in [4.69, 9.17) is 9.47 Å². The van der Waals surface area contributed by atoms with E-state index in [2.05, 4.69) is 16.1 Å². The number of hydrogen-bond donors (Lipinski definition) is 0. The van der Waals surface area contributed by atoms with Crippen LogP contribution >= 0.6 is 0 Å². The van der Waals surface area contributed by atoms with Gasteiger partial charge in [0.05, 0.1) is 35.2 Å². The van der Waals surface area contributed by atoms with E-state index in [0.29, 0.717) is 37.4 Å². The van der Waals surface area contributed by atoms with E-state index in [0.717, 1.165) is 47.7 Å². The number of halogens is 1. The maximum Gasteiger partial charge on any atom is 0.243 e. The lowest BCUT2D eigenvalue weighted by molar-refractivity contribution is 0.0733. The van der Waals surface area contributed by atoms with Gasteiger partial charge in [0.25, 0.3) is 0 Å². The van der Waals surface area contributed by atoms with Crippen molar-refractivity contribution in [2.75, 3.05) is 51.9 Å². The Balaban J connectivity index is 1.25. The molecule has 2 fully saturated rings. The number of methoxy groups -OCH3 is 2. The molecule has 0 saturated carbocycles. The van der Waals surface area contributed by atoms with Gasteiger partial charge < -0.3 is 14.4 Å². The van der Waals surface area contributed by atoms with Gasteiger partial charge in [-0.1, -0.05) is 5.57 Å². The average Bonchev–Trinajstić information content (AvgIpc) is 3.59. The van der Waals surface area contributed by atoms with Crippen molar-refractivity contribution < 1.29 is 22.3 Å². The van der Waals surface area contributed by atoms with Crippen LogP contribution in [0.2, 0.25) is 0 Å². The van der Waals surface area contributed by atoms with Crippen LogP contribution in [0.3, 0.4) is 0 Å². The molecule has 1 aliphatic carbocycles. The number of sulfonamides is 1. The monoisotopic (exact) mass is 552 g/mol. The molecule has 0 amide bonds. The van der Waals surface area contributed by atoms with Crippen molar-refractivity contribution in [1.82, 2.24) is 14.1 Å². The van der Waals surface area contributed by atoms with Gasteiger partial charge in [-0.05, 0) is 79.4 Å². The third-order valence-electron chi connectivity index (χ3n) is 8.33. The summed E-state index contributed by atoms with van der Waals surface area (Å²) >= 11 is 0. The largest absolute Gasteiger partial charge is 0.384 e. The predicted molar refractivity (Wildman–Crippen MR) is 147 cm³/mol. The summed E-state index contributed by atoms with van der Waals surface area (Å²) < 4.78 is 55.6. The maximum absolute atomic E-state index is 13.8. The molecular weight excluding hydrogens is 519 g/mol. The fourth-order valence-corrected chi connectivity index (χ4v) is 7.75. The molecule has 2 atom stereocenters. The van der Waals surface area contributed by atoms with E-state index >= 15 is 0 Å². The van der Waals surface area contributed by atoms with Gasteiger partial charge in [0, 0.05) is 51.5 Å². The molecule has 0 spiro atoms. The standard InChI is InChI=1S/C29H33FN4O4S/c1-37-20-29-16-21-17-31-34(25-5-3-23(30)4-6-25)28(21)15-22(29)11-14-33(19-29)39(35,36)27-9-7-24(8-10-27)32-13-12-26(18-32)38-2/h3-10,15,17,26H,11-14,16,18-20H2,1-2H3/t26-,29+/m0/s1. The van der Waals surface area contributed by atoms with E-state index in [1.54, 1.807) is 42.8 Å². The molecule has 2 aliphatic heterocycles. The topological polar surface area (TPSA) is 76.9 Å². The number of fused-ring (bicyclic) bond motifs is 2. The highest BCUT2D eigenvalue weighted by Gasteiger charge is 2.46. The summed E-state index contributed by atoms with van der Waals surface area (Å²) in [4.78, 5) is 2.52. The van der Waals surface area contributed by atoms with Crippen molar-refractivity contribution in [2.24, 2.45) is 5.41 Å². The molecule has 0 radical (unpaired) electrons. The normalized spacial score (nSPS) is 23.4.